The van der Waals surface area contributed by atoms with Crippen LogP contribution in [0, 0.1) is 13.8 Å². The van der Waals surface area contributed by atoms with E-state index in [1.165, 1.54) is 11.3 Å². The van der Waals surface area contributed by atoms with Gasteiger partial charge >= 0.3 is 12.1 Å². The van der Waals surface area contributed by atoms with Crippen molar-refractivity contribution in [2.75, 3.05) is 5.32 Å². The molecule has 2 rings (SSSR count). The Balaban J connectivity index is 2.07. The molecule has 7 heteroatoms. The van der Waals surface area contributed by atoms with Crippen LogP contribution >= 0.6 is 11.3 Å². The van der Waals surface area contributed by atoms with E-state index in [-0.39, 0.29) is 12.2 Å². The molecule has 0 fully saturated rings. The molecule has 0 bridgehead atoms. The molecule has 0 saturated carbocycles. The van der Waals surface area contributed by atoms with Gasteiger partial charge in [0, 0.05) is 0 Å². The third-order valence-corrected chi connectivity index (χ3v) is 4.16. The molecule has 1 aromatic heterocycles. The molecule has 0 atom stereocenters. The second kappa shape index (κ2) is 7.65. The first-order valence-corrected chi connectivity index (χ1v) is 8.66. The SMILES string of the molecule is Cc1nc(C)c(COC(=O)c2ccccc2NC(=O)OC(C)(C)C)s1. The number of hydrogen-bond acceptors (Lipinski definition) is 6. The number of rotatable bonds is 4. The van der Waals surface area contributed by atoms with Gasteiger partial charge in [0.25, 0.3) is 0 Å². The second-order valence-corrected chi connectivity index (χ2v) is 7.78. The highest BCUT2D eigenvalue weighted by Gasteiger charge is 2.19. The minimum Gasteiger partial charge on any atom is -0.456 e. The van der Waals surface area contributed by atoms with Crippen LogP contribution in [0.25, 0.3) is 0 Å². The maximum absolute atomic E-state index is 12.4. The summed E-state index contributed by atoms with van der Waals surface area (Å²) >= 11 is 1.49. The molecule has 2 aromatic rings. The van der Waals surface area contributed by atoms with Gasteiger partial charge in [-0.15, -0.1) is 11.3 Å². The summed E-state index contributed by atoms with van der Waals surface area (Å²) < 4.78 is 10.6. The summed E-state index contributed by atoms with van der Waals surface area (Å²) in [5.74, 6) is -0.517. The summed E-state index contributed by atoms with van der Waals surface area (Å²) in [6.45, 7) is 9.25. The smallest absolute Gasteiger partial charge is 0.412 e. The fourth-order valence-corrected chi connectivity index (χ4v) is 2.95. The summed E-state index contributed by atoms with van der Waals surface area (Å²) in [6.07, 6.45) is -0.623. The van der Waals surface area contributed by atoms with Crippen LogP contribution in [0.4, 0.5) is 10.5 Å². The Morgan fingerprint density at radius 3 is 2.48 bits per heavy atom. The van der Waals surface area contributed by atoms with Gasteiger partial charge in [0.05, 0.1) is 26.8 Å². The van der Waals surface area contributed by atoms with E-state index in [2.05, 4.69) is 10.3 Å². The van der Waals surface area contributed by atoms with Crippen LogP contribution in [-0.2, 0) is 16.1 Å². The topological polar surface area (TPSA) is 77.5 Å². The van der Waals surface area contributed by atoms with Gasteiger partial charge in [-0.2, -0.15) is 0 Å². The molecule has 0 aliphatic heterocycles. The minimum absolute atomic E-state index is 0.150. The number of ether oxygens (including phenoxy) is 2. The molecule has 6 nitrogen and oxygen atoms in total. The van der Waals surface area contributed by atoms with Crippen LogP contribution in [0.1, 0.15) is 46.7 Å². The number of nitrogens with zero attached hydrogens (tertiary/aromatic N) is 1. The van der Waals surface area contributed by atoms with Gasteiger partial charge in [0.15, 0.2) is 0 Å². The minimum atomic E-state index is -0.624. The molecule has 1 heterocycles. The predicted octanol–water partition coefficient (Wildman–Crippen LogP) is 4.46. The Morgan fingerprint density at radius 1 is 1.20 bits per heavy atom. The van der Waals surface area contributed by atoms with E-state index in [0.717, 1.165) is 15.6 Å². The van der Waals surface area contributed by atoms with Crippen LogP contribution in [0.2, 0.25) is 0 Å². The molecule has 0 unspecified atom stereocenters. The van der Waals surface area contributed by atoms with Crippen LogP contribution < -0.4 is 5.32 Å². The number of esters is 1. The van der Waals surface area contributed by atoms with E-state index in [9.17, 15) is 9.59 Å². The Hall–Kier alpha value is -2.41. The Bertz CT molecular complexity index is 778. The average molecular weight is 362 g/mol. The van der Waals surface area contributed by atoms with Crippen molar-refractivity contribution in [1.82, 2.24) is 4.98 Å². The molecule has 0 aliphatic carbocycles. The van der Waals surface area contributed by atoms with Crippen LogP contribution in [-0.4, -0.2) is 22.6 Å². The number of aryl methyl sites for hydroxylation is 2. The van der Waals surface area contributed by atoms with E-state index in [1.54, 1.807) is 45.0 Å². The summed E-state index contributed by atoms with van der Waals surface area (Å²) in [5.41, 5.74) is 0.850. The number of carbonyl (C=O) groups is 2. The van der Waals surface area contributed by atoms with Gasteiger partial charge in [-0.3, -0.25) is 5.32 Å². The van der Waals surface area contributed by atoms with E-state index in [0.29, 0.717) is 5.69 Å². The maximum atomic E-state index is 12.4. The highest BCUT2D eigenvalue weighted by Crippen LogP contribution is 2.21. The third kappa shape index (κ3) is 5.56. The second-order valence-electron chi connectivity index (χ2n) is 6.49. The predicted molar refractivity (Wildman–Crippen MR) is 97.0 cm³/mol. The lowest BCUT2D eigenvalue weighted by Gasteiger charge is -2.20. The monoisotopic (exact) mass is 362 g/mol. The van der Waals surface area contributed by atoms with Crippen molar-refractivity contribution in [2.24, 2.45) is 0 Å². The number of amides is 1. The summed E-state index contributed by atoms with van der Waals surface area (Å²) in [5, 5.41) is 3.52. The van der Waals surface area contributed by atoms with Crippen LogP contribution in [0.15, 0.2) is 24.3 Å². The summed E-state index contributed by atoms with van der Waals surface area (Å²) in [4.78, 5) is 29.5. The Labute approximate surface area is 151 Å². The lowest BCUT2D eigenvalue weighted by molar-refractivity contribution is 0.0477. The van der Waals surface area contributed by atoms with Crippen molar-refractivity contribution in [1.29, 1.82) is 0 Å². The molecule has 0 aliphatic rings. The molecule has 1 aromatic carbocycles. The molecule has 0 spiro atoms. The van der Waals surface area contributed by atoms with Gasteiger partial charge in [-0.05, 0) is 46.8 Å². The summed E-state index contributed by atoms with van der Waals surface area (Å²) in [6, 6.07) is 6.65. The number of para-hydroxylation sites is 1. The van der Waals surface area contributed by atoms with Gasteiger partial charge in [0.1, 0.15) is 12.2 Å². The molecule has 0 radical (unpaired) electrons. The van der Waals surface area contributed by atoms with Gasteiger partial charge < -0.3 is 9.47 Å². The largest absolute Gasteiger partial charge is 0.456 e. The van der Waals surface area contributed by atoms with E-state index in [4.69, 9.17) is 9.47 Å². The number of hydrogen-bond donors (Lipinski definition) is 1. The van der Waals surface area contributed by atoms with E-state index < -0.39 is 17.7 Å². The third-order valence-electron chi connectivity index (χ3n) is 3.12. The van der Waals surface area contributed by atoms with Crippen molar-refractivity contribution in [3.05, 3.63) is 45.4 Å². The maximum Gasteiger partial charge on any atom is 0.412 e. The normalized spacial score (nSPS) is 11.1. The first kappa shape index (κ1) is 18.9. The Morgan fingerprint density at radius 2 is 1.88 bits per heavy atom. The lowest BCUT2D eigenvalue weighted by Crippen LogP contribution is -2.27. The lowest BCUT2D eigenvalue weighted by atomic mass is 10.2. The molecular weight excluding hydrogens is 340 g/mol. The zero-order valence-corrected chi connectivity index (χ0v) is 15.8. The first-order chi connectivity index (χ1) is 11.7. The van der Waals surface area contributed by atoms with Crippen molar-refractivity contribution in [3.63, 3.8) is 0 Å². The summed E-state index contributed by atoms with van der Waals surface area (Å²) in [7, 11) is 0. The van der Waals surface area contributed by atoms with Crippen molar-refractivity contribution in [3.8, 4) is 0 Å². The quantitative estimate of drug-likeness (QED) is 0.812. The first-order valence-electron chi connectivity index (χ1n) is 7.85. The highest BCUT2D eigenvalue weighted by molar-refractivity contribution is 7.11. The fraction of sp³-hybridized carbons (Fsp3) is 0.389. The van der Waals surface area contributed by atoms with Crippen LogP contribution in [0.5, 0.6) is 0 Å². The number of aromatic nitrogens is 1. The van der Waals surface area contributed by atoms with Gasteiger partial charge in [0.2, 0.25) is 0 Å². The van der Waals surface area contributed by atoms with Crippen molar-refractivity contribution in [2.45, 2.75) is 46.8 Å². The number of nitrogens with one attached hydrogen (secondary N) is 1. The van der Waals surface area contributed by atoms with Crippen molar-refractivity contribution < 1.29 is 19.1 Å². The zero-order chi connectivity index (χ0) is 18.6. The zero-order valence-electron chi connectivity index (χ0n) is 15.0. The molecule has 0 saturated heterocycles. The van der Waals surface area contributed by atoms with Crippen LogP contribution in [0.3, 0.4) is 0 Å². The molecule has 1 N–H and O–H groups in total. The van der Waals surface area contributed by atoms with Gasteiger partial charge in [-0.1, -0.05) is 12.1 Å². The molecule has 25 heavy (non-hydrogen) atoms. The van der Waals surface area contributed by atoms with Crippen molar-refractivity contribution >= 4 is 29.1 Å². The highest BCUT2D eigenvalue weighted by atomic mass is 32.1. The van der Waals surface area contributed by atoms with E-state index >= 15 is 0 Å². The number of benzene rings is 1. The standard InChI is InChI=1S/C18H22N2O4S/c1-11-15(25-12(2)19-11)10-23-16(21)13-8-6-7-9-14(13)20-17(22)24-18(3,4)5/h6-9H,10H2,1-5H3,(H,20,22). The molecule has 134 valence electrons. The van der Waals surface area contributed by atoms with Gasteiger partial charge in [-0.25, -0.2) is 14.6 Å². The number of anilines is 1. The molecular formula is C18H22N2O4S. The number of carbonyl (C=O) groups excluding carboxylic acids is 2. The molecule has 1 amide bonds. The number of thiazole rings is 1. The fourth-order valence-electron chi connectivity index (χ4n) is 2.10. The average Bonchev–Trinajstić information content (AvgIpc) is 2.81. The Kier molecular flexibility index (Phi) is 5.79. The van der Waals surface area contributed by atoms with E-state index in [1.807, 2.05) is 13.8 Å².